The molecule has 0 nitrogen and oxygen atoms in total. The topological polar surface area (TPSA) is 0 Å². The Morgan fingerprint density at radius 2 is 1.23 bits per heavy atom. The lowest BCUT2D eigenvalue weighted by Crippen LogP contribution is -1.94. The van der Waals surface area contributed by atoms with Crippen molar-refractivity contribution in [2.75, 3.05) is 0 Å². The van der Waals surface area contributed by atoms with E-state index in [1.807, 2.05) is 48.5 Å². The number of hydrogen-bond donors (Lipinski definition) is 0. The lowest BCUT2D eigenvalue weighted by molar-refractivity contribution is 0.509. The van der Waals surface area contributed by atoms with E-state index in [9.17, 15) is 8.78 Å². The summed E-state index contributed by atoms with van der Waals surface area (Å²) in [6.07, 6.45) is 1.86. The summed E-state index contributed by atoms with van der Waals surface area (Å²) in [6.45, 7) is 4.13. The van der Waals surface area contributed by atoms with Crippen molar-refractivity contribution < 1.29 is 8.78 Å². The smallest absolute Gasteiger partial charge is 0.175 e. The Bertz CT molecular complexity index is 956. The molecule has 2 heteroatoms. The predicted octanol–water partition coefficient (Wildman–Crippen LogP) is 6.16. The molecule has 26 heavy (non-hydrogen) atoms. The molecule has 0 bridgehead atoms. The highest BCUT2D eigenvalue weighted by Crippen LogP contribution is 2.26. The summed E-state index contributed by atoms with van der Waals surface area (Å²) in [5.41, 5.74) is 4.13. The van der Waals surface area contributed by atoms with Crippen molar-refractivity contribution in [2.24, 2.45) is 0 Å². The van der Waals surface area contributed by atoms with Crippen LogP contribution in [0, 0.1) is 23.5 Å². The number of hydrogen-bond acceptors (Lipinski definition) is 0. The fourth-order valence-corrected chi connectivity index (χ4v) is 2.75. The van der Waals surface area contributed by atoms with Crippen molar-refractivity contribution in [3.63, 3.8) is 0 Å². The maximum absolute atomic E-state index is 14.5. The molecule has 0 atom stereocenters. The van der Waals surface area contributed by atoms with Gasteiger partial charge in [0, 0.05) is 11.1 Å². The van der Waals surface area contributed by atoms with Crippen LogP contribution in [0.5, 0.6) is 0 Å². The van der Waals surface area contributed by atoms with E-state index in [1.54, 1.807) is 6.07 Å². The molecule has 3 aromatic carbocycles. The van der Waals surface area contributed by atoms with Gasteiger partial charge in [-0.25, -0.2) is 8.78 Å². The normalized spacial score (nSPS) is 10.3. The summed E-state index contributed by atoms with van der Waals surface area (Å²) < 4.78 is 28.9. The Labute approximate surface area is 153 Å². The molecule has 0 heterocycles. The van der Waals surface area contributed by atoms with Crippen molar-refractivity contribution in [3.8, 4) is 23.0 Å². The van der Waals surface area contributed by atoms with Crippen LogP contribution < -0.4 is 0 Å². The van der Waals surface area contributed by atoms with Crippen molar-refractivity contribution >= 4 is 0 Å². The van der Waals surface area contributed by atoms with Crippen LogP contribution >= 0.6 is 0 Å². The standard InChI is InChI=1S/C24H20F2/c1-3-17-5-7-19(8-6-17)11-14-21-15-16-22(24(26)23(21)25)20-12-9-18(4-2)10-13-20/h5-10,12-13,15-16H,3-4H2,1-2H3. The molecule has 3 rings (SSSR count). The Morgan fingerprint density at radius 1 is 0.654 bits per heavy atom. The summed E-state index contributed by atoms with van der Waals surface area (Å²) >= 11 is 0. The van der Waals surface area contributed by atoms with E-state index in [2.05, 4.69) is 25.7 Å². The number of rotatable bonds is 3. The summed E-state index contributed by atoms with van der Waals surface area (Å²) in [6, 6.07) is 18.4. The molecule has 0 amide bonds. The highest BCUT2D eigenvalue weighted by atomic mass is 19.2. The molecule has 0 aliphatic rings. The van der Waals surface area contributed by atoms with Gasteiger partial charge in [0.2, 0.25) is 0 Å². The van der Waals surface area contributed by atoms with Gasteiger partial charge in [0.25, 0.3) is 0 Å². The summed E-state index contributed by atoms with van der Waals surface area (Å²) in [5, 5.41) is 0. The van der Waals surface area contributed by atoms with Gasteiger partial charge in [0.1, 0.15) is 0 Å². The second-order valence-corrected chi connectivity index (χ2v) is 6.14. The highest BCUT2D eigenvalue weighted by molar-refractivity contribution is 5.66. The number of benzene rings is 3. The molecule has 0 aliphatic carbocycles. The van der Waals surface area contributed by atoms with E-state index in [4.69, 9.17) is 0 Å². The first-order valence-corrected chi connectivity index (χ1v) is 8.80. The molecular formula is C24H20F2. The van der Waals surface area contributed by atoms with Crippen molar-refractivity contribution in [1.82, 2.24) is 0 Å². The third-order valence-electron chi connectivity index (χ3n) is 4.46. The van der Waals surface area contributed by atoms with Crippen LogP contribution in [0.1, 0.15) is 36.1 Å². The van der Waals surface area contributed by atoms with Gasteiger partial charge in [0.15, 0.2) is 11.6 Å². The molecule has 0 aromatic heterocycles. The van der Waals surface area contributed by atoms with E-state index < -0.39 is 11.6 Å². The summed E-state index contributed by atoms with van der Waals surface area (Å²) in [5.74, 6) is 3.88. The zero-order valence-electron chi connectivity index (χ0n) is 14.9. The lowest BCUT2D eigenvalue weighted by Gasteiger charge is -2.07. The van der Waals surface area contributed by atoms with Gasteiger partial charge in [-0.1, -0.05) is 62.1 Å². The zero-order valence-corrected chi connectivity index (χ0v) is 14.9. The third-order valence-corrected chi connectivity index (χ3v) is 4.46. The van der Waals surface area contributed by atoms with Gasteiger partial charge in [-0.3, -0.25) is 0 Å². The maximum Gasteiger partial charge on any atom is 0.175 e. The molecule has 3 aromatic rings. The molecule has 0 N–H and O–H groups in total. The average Bonchev–Trinajstić information content (AvgIpc) is 2.69. The van der Waals surface area contributed by atoms with Crippen molar-refractivity contribution in [3.05, 3.63) is 94.6 Å². The highest BCUT2D eigenvalue weighted by Gasteiger charge is 2.13. The van der Waals surface area contributed by atoms with Gasteiger partial charge >= 0.3 is 0 Å². The molecule has 0 aliphatic heterocycles. The van der Waals surface area contributed by atoms with Crippen molar-refractivity contribution in [2.45, 2.75) is 26.7 Å². The lowest BCUT2D eigenvalue weighted by atomic mass is 10.0. The first kappa shape index (κ1) is 17.9. The monoisotopic (exact) mass is 346 g/mol. The number of aryl methyl sites for hydroxylation is 2. The SMILES string of the molecule is CCc1ccc(C#Cc2ccc(-c3ccc(CC)cc3)c(F)c2F)cc1. The Morgan fingerprint density at radius 3 is 1.81 bits per heavy atom. The van der Waals surface area contributed by atoms with E-state index in [-0.39, 0.29) is 11.1 Å². The zero-order chi connectivity index (χ0) is 18.5. The van der Waals surface area contributed by atoms with Crippen LogP contribution in [0.15, 0.2) is 60.7 Å². The minimum Gasteiger partial charge on any atom is -0.203 e. The fraction of sp³-hybridized carbons (Fsp3) is 0.167. The maximum atomic E-state index is 14.5. The third kappa shape index (κ3) is 3.83. The summed E-state index contributed by atoms with van der Waals surface area (Å²) in [4.78, 5) is 0. The Kier molecular flexibility index (Phi) is 5.49. The van der Waals surface area contributed by atoms with E-state index in [1.165, 1.54) is 11.6 Å². The molecular weight excluding hydrogens is 326 g/mol. The first-order chi connectivity index (χ1) is 12.6. The van der Waals surface area contributed by atoms with Crippen LogP contribution in [-0.2, 0) is 12.8 Å². The van der Waals surface area contributed by atoms with Crippen LogP contribution in [0.3, 0.4) is 0 Å². The second-order valence-electron chi connectivity index (χ2n) is 6.14. The van der Waals surface area contributed by atoms with Gasteiger partial charge in [-0.05, 0) is 53.8 Å². The van der Waals surface area contributed by atoms with Crippen LogP contribution in [0.2, 0.25) is 0 Å². The first-order valence-electron chi connectivity index (χ1n) is 8.80. The predicted molar refractivity (Wildman–Crippen MR) is 103 cm³/mol. The average molecular weight is 346 g/mol. The molecule has 130 valence electrons. The molecule has 0 radical (unpaired) electrons. The van der Waals surface area contributed by atoms with Gasteiger partial charge in [0.05, 0.1) is 5.56 Å². The molecule has 0 spiro atoms. The van der Waals surface area contributed by atoms with Gasteiger partial charge < -0.3 is 0 Å². The van der Waals surface area contributed by atoms with E-state index in [0.717, 1.165) is 24.0 Å². The van der Waals surface area contributed by atoms with Crippen LogP contribution in [0.25, 0.3) is 11.1 Å². The fourth-order valence-electron chi connectivity index (χ4n) is 2.75. The molecule has 0 saturated carbocycles. The minimum absolute atomic E-state index is 0.0657. The van der Waals surface area contributed by atoms with Crippen LogP contribution in [0.4, 0.5) is 8.78 Å². The Balaban J connectivity index is 1.90. The second kappa shape index (κ2) is 7.97. The molecule has 0 unspecified atom stereocenters. The summed E-state index contributed by atoms with van der Waals surface area (Å²) in [7, 11) is 0. The quantitative estimate of drug-likeness (QED) is 0.499. The molecule has 0 fully saturated rings. The van der Waals surface area contributed by atoms with Crippen LogP contribution in [-0.4, -0.2) is 0 Å². The van der Waals surface area contributed by atoms with Gasteiger partial charge in [-0.2, -0.15) is 0 Å². The molecule has 0 saturated heterocycles. The van der Waals surface area contributed by atoms with Gasteiger partial charge in [-0.15, -0.1) is 0 Å². The van der Waals surface area contributed by atoms with E-state index in [0.29, 0.717) is 5.56 Å². The Hall–Kier alpha value is -2.92. The number of halogens is 2. The minimum atomic E-state index is -0.903. The van der Waals surface area contributed by atoms with Crippen molar-refractivity contribution in [1.29, 1.82) is 0 Å². The largest absolute Gasteiger partial charge is 0.203 e. The van der Waals surface area contributed by atoms with E-state index >= 15 is 0 Å².